The van der Waals surface area contributed by atoms with E-state index in [2.05, 4.69) is 11.8 Å². The first-order valence-electron chi connectivity index (χ1n) is 6.23. The minimum Gasteiger partial charge on any atom is -0.481 e. The fraction of sp³-hybridized carbons (Fsp3) is 0.917. The number of carbonyl (C=O) groups is 1. The van der Waals surface area contributed by atoms with Gasteiger partial charge in [0.25, 0.3) is 0 Å². The van der Waals surface area contributed by atoms with Gasteiger partial charge in [0.2, 0.25) is 0 Å². The molecule has 2 aliphatic rings. The standard InChI is InChI=1S/C12H21NO3/c1-2-13(10-3-4-10)9-12(11(14)15)5-7-16-8-6-12/h10H,2-9H2,1H3,(H,14,15). The third kappa shape index (κ3) is 2.38. The zero-order valence-corrected chi connectivity index (χ0v) is 9.95. The first-order chi connectivity index (χ1) is 7.68. The summed E-state index contributed by atoms with van der Waals surface area (Å²) in [5, 5.41) is 9.45. The summed E-state index contributed by atoms with van der Waals surface area (Å²) in [6, 6.07) is 0.643. The van der Waals surface area contributed by atoms with Gasteiger partial charge in [-0.25, -0.2) is 0 Å². The van der Waals surface area contributed by atoms with Crippen molar-refractivity contribution in [3.8, 4) is 0 Å². The van der Waals surface area contributed by atoms with Crippen LogP contribution < -0.4 is 0 Å². The van der Waals surface area contributed by atoms with Crippen LogP contribution in [-0.2, 0) is 9.53 Å². The first-order valence-corrected chi connectivity index (χ1v) is 6.23. The van der Waals surface area contributed by atoms with Gasteiger partial charge in [-0.05, 0) is 32.2 Å². The lowest BCUT2D eigenvalue weighted by Gasteiger charge is -2.37. The lowest BCUT2D eigenvalue weighted by Crippen LogP contribution is -2.47. The Kier molecular flexibility index (Phi) is 3.50. The minimum absolute atomic E-state index is 0.559. The highest BCUT2D eigenvalue weighted by atomic mass is 16.5. The van der Waals surface area contributed by atoms with Gasteiger partial charge in [-0.15, -0.1) is 0 Å². The molecule has 0 spiro atoms. The van der Waals surface area contributed by atoms with Gasteiger partial charge in [-0.1, -0.05) is 6.92 Å². The molecule has 0 unspecified atom stereocenters. The molecule has 1 aliphatic carbocycles. The van der Waals surface area contributed by atoms with Gasteiger partial charge in [0.05, 0.1) is 5.41 Å². The van der Waals surface area contributed by atoms with Crippen LogP contribution in [0, 0.1) is 5.41 Å². The molecule has 1 heterocycles. The number of rotatable bonds is 5. The molecule has 0 atom stereocenters. The van der Waals surface area contributed by atoms with E-state index in [4.69, 9.17) is 4.74 Å². The Balaban J connectivity index is 2.03. The van der Waals surface area contributed by atoms with Gasteiger partial charge in [-0.3, -0.25) is 9.69 Å². The molecular weight excluding hydrogens is 206 g/mol. The molecule has 0 bridgehead atoms. The first kappa shape index (κ1) is 11.9. The fourth-order valence-electron chi connectivity index (χ4n) is 2.53. The molecule has 0 aromatic rings. The van der Waals surface area contributed by atoms with E-state index in [1.165, 1.54) is 12.8 Å². The maximum atomic E-state index is 11.5. The Morgan fingerprint density at radius 1 is 1.44 bits per heavy atom. The maximum absolute atomic E-state index is 11.5. The van der Waals surface area contributed by atoms with Crippen molar-refractivity contribution in [2.75, 3.05) is 26.3 Å². The van der Waals surface area contributed by atoms with Gasteiger partial charge in [0, 0.05) is 25.8 Å². The summed E-state index contributed by atoms with van der Waals surface area (Å²) >= 11 is 0. The molecular formula is C12H21NO3. The molecule has 92 valence electrons. The van der Waals surface area contributed by atoms with E-state index in [0.29, 0.717) is 38.6 Å². The number of hydrogen-bond donors (Lipinski definition) is 1. The van der Waals surface area contributed by atoms with Crippen LogP contribution in [0.25, 0.3) is 0 Å². The van der Waals surface area contributed by atoms with Crippen LogP contribution in [0.3, 0.4) is 0 Å². The summed E-state index contributed by atoms with van der Waals surface area (Å²) < 4.78 is 5.28. The normalized spacial score (nSPS) is 24.6. The second-order valence-corrected chi connectivity index (χ2v) is 4.99. The van der Waals surface area contributed by atoms with E-state index in [0.717, 1.165) is 6.54 Å². The number of carboxylic acids is 1. The van der Waals surface area contributed by atoms with Crippen LogP contribution in [0.15, 0.2) is 0 Å². The van der Waals surface area contributed by atoms with Crippen LogP contribution in [0.2, 0.25) is 0 Å². The fourth-order valence-corrected chi connectivity index (χ4v) is 2.53. The van der Waals surface area contributed by atoms with Crippen LogP contribution in [-0.4, -0.2) is 48.3 Å². The lowest BCUT2D eigenvalue weighted by molar-refractivity contribution is -0.156. The van der Waals surface area contributed by atoms with Crippen molar-refractivity contribution in [3.05, 3.63) is 0 Å². The molecule has 16 heavy (non-hydrogen) atoms. The number of ether oxygens (including phenoxy) is 1. The summed E-state index contributed by atoms with van der Waals surface area (Å²) in [5.74, 6) is -0.644. The summed E-state index contributed by atoms with van der Waals surface area (Å²) in [4.78, 5) is 13.8. The molecule has 1 aliphatic heterocycles. The third-order valence-electron chi connectivity index (χ3n) is 3.88. The zero-order valence-electron chi connectivity index (χ0n) is 9.95. The molecule has 0 amide bonds. The van der Waals surface area contributed by atoms with Crippen molar-refractivity contribution in [3.63, 3.8) is 0 Å². The van der Waals surface area contributed by atoms with E-state index < -0.39 is 11.4 Å². The largest absolute Gasteiger partial charge is 0.481 e. The predicted octanol–water partition coefficient (Wildman–Crippen LogP) is 1.35. The zero-order chi connectivity index (χ0) is 11.6. The van der Waals surface area contributed by atoms with E-state index in [9.17, 15) is 9.90 Å². The molecule has 2 rings (SSSR count). The summed E-state index contributed by atoms with van der Waals surface area (Å²) in [6.45, 7) is 4.96. The van der Waals surface area contributed by atoms with Crippen molar-refractivity contribution < 1.29 is 14.6 Å². The lowest BCUT2D eigenvalue weighted by atomic mass is 9.79. The van der Waals surface area contributed by atoms with Crippen molar-refractivity contribution in [1.29, 1.82) is 0 Å². The Morgan fingerprint density at radius 3 is 2.50 bits per heavy atom. The predicted molar refractivity (Wildman–Crippen MR) is 60.4 cm³/mol. The molecule has 0 radical (unpaired) electrons. The Morgan fingerprint density at radius 2 is 2.06 bits per heavy atom. The van der Waals surface area contributed by atoms with Gasteiger partial charge in [-0.2, -0.15) is 0 Å². The van der Waals surface area contributed by atoms with Crippen LogP contribution in [0.4, 0.5) is 0 Å². The van der Waals surface area contributed by atoms with Gasteiger partial charge in [0.1, 0.15) is 0 Å². The SMILES string of the molecule is CCN(CC1(C(=O)O)CCOCC1)C1CC1. The van der Waals surface area contributed by atoms with Crippen molar-refractivity contribution >= 4 is 5.97 Å². The second-order valence-electron chi connectivity index (χ2n) is 4.99. The van der Waals surface area contributed by atoms with Gasteiger partial charge >= 0.3 is 5.97 Å². The van der Waals surface area contributed by atoms with Crippen molar-refractivity contribution in [2.24, 2.45) is 5.41 Å². The average Bonchev–Trinajstić information content (AvgIpc) is 3.11. The quantitative estimate of drug-likeness (QED) is 0.770. The smallest absolute Gasteiger partial charge is 0.311 e. The van der Waals surface area contributed by atoms with E-state index >= 15 is 0 Å². The van der Waals surface area contributed by atoms with Crippen molar-refractivity contribution in [1.82, 2.24) is 4.90 Å². The topological polar surface area (TPSA) is 49.8 Å². The number of nitrogens with zero attached hydrogens (tertiary/aromatic N) is 1. The molecule has 1 saturated carbocycles. The van der Waals surface area contributed by atoms with Crippen molar-refractivity contribution in [2.45, 2.75) is 38.6 Å². The van der Waals surface area contributed by atoms with E-state index in [-0.39, 0.29) is 0 Å². The highest BCUT2D eigenvalue weighted by molar-refractivity contribution is 5.75. The highest BCUT2D eigenvalue weighted by Crippen LogP contribution is 2.36. The third-order valence-corrected chi connectivity index (χ3v) is 3.88. The molecule has 0 aromatic heterocycles. The minimum atomic E-state index is -0.644. The molecule has 4 heteroatoms. The Bertz CT molecular complexity index is 257. The molecule has 0 aromatic carbocycles. The summed E-state index contributed by atoms with van der Waals surface area (Å²) in [7, 11) is 0. The number of aliphatic carboxylic acids is 1. The highest BCUT2D eigenvalue weighted by Gasteiger charge is 2.43. The molecule has 1 saturated heterocycles. The second kappa shape index (κ2) is 4.72. The summed E-state index contributed by atoms with van der Waals surface area (Å²) in [5.41, 5.74) is -0.559. The Labute approximate surface area is 96.6 Å². The van der Waals surface area contributed by atoms with Crippen LogP contribution >= 0.6 is 0 Å². The molecule has 4 nitrogen and oxygen atoms in total. The number of carboxylic acid groups (broad SMARTS) is 1. The van der Waals surface area contributed by atoms with Crippen LogP contribution in [0.5, 0.6) is 0 Å². The van der Waals surface area contributed by atoms with E-state index in [1.54, 1.807) is 0 Å². The maximum Gasteiger partial charge on any atom is 0.311 e. The number of hydrogen-bond acceptors (Lipinski definition) is 3. The van der Waals surface area contributed by atoms with Gasteiger partial charge in [0.15, 0.2) is 0 Å². The van der Waals surface area contributed by atoms with E-state index in [1.807, 2.05) is 0 Å². The molecule has 1 N–H and O–H groups in total. The van der Waals surface area contributed by atoms with Crippen LogP contribution in [0.1, 0.15) is 32.6 Å². The monoisotopic (exact) mass is 227 g/mol. The average molecular weight is 227 g/mol. The summed E-state index contributed by atoms with van der Waals surface area (Å²) in [6.07, 6.45) is 3.79. The molecule has 2 fully saturated rings. The Hall–Kier alpha value is -0.610. The van der Waals surface area contributed by atoms with Gasteiger partial charge < -0.3 is 9.84 Å².